The van der Waals surface area contributed by atoms with Gasteiger partial charge in [0.05, 0.1) is 11.8 Å². The maximum Gasteiger partial charge on any atom is 0.307 e. The van der Waals surface area contributed by atoms with Gasteiger partial charge in [-0.25, -0.2) is 0 Å². The number of aliphatic carboxylic acids is 1. The third kappa shape index (κ3) is 3.02. The van der Waals surface area contributed by atoms with Crippen LogP contribution >= 0.6 is 0 Å². The molecule has 1 aliphatic rings. The maximum absolute atomic E-state index is 11.9. The Bertz CT molecular complexity index is 324. The summed E-state index contributed by atoms with van der Waals surface area (Å²) in [5, 5.41) is 11.8. The number of amides is 1. The average Bonchev–Trinajstić information content (AvgIpc) is 2.88. The summed E-state index contributed by atoms with van der Waals surface area (Å²) in [7, 11) is 0. The number of nitrogens with one attached hydrogen (secondary N) is 1. The van der Waals surface area contributed by atoms with Gasteiger partial charge in [-0.3, -0.25) is 9.59 Å². The molecule has 0 bridgehead atoms. The molecule has 0 aliphatic heterocycles. The first-order chi connectivity index (χ1) is 8.36. The molecule has 2 unspecified atom stereocenters. The molecule has 1 saturated carbocycles. The van der Waals surface area contributed by atoms with Crippen LogP contribution in [0.5, 0.6) is 0 Å². The van der Waals surface area contributed by atoms with Gasteiger partial charge < -0.3 is 15.3 Å². The van der Waals surface area contributed by atoms with Crippen LogP contribution in [-0.4, -0.2) is 48.1 Å². The Balaban J connectivity index is 2.37. The number of carbonyl (C=O) groups excluding carboxylic acids is 1. The van der Waals surface area contributed by atoms with Gasteiger partial charge in [-0.1, -0.05) is 27.7 Å². The lowest BCUT2D eigenvalue weighted by Gasteiger charge is -2.18. The maximum atomic E-state index is 11.9. The Hall–Kier alpha value is -1.10. The Labute approximate surface area is 109 Å². The molecule has 104 valence electrons. The second-order valence-electron chi connectivity index (χ2n) is 5.43. The smallest absolute Gasteiger partial charge is 0.307 e. The van der Waals surface area contributed by atoms with Crippen molar-refractivity contribution in [3.63, 3.8) is 0 Å². The predicted molar refractivity (Wildman–Crippen MR) is 69.2 cm³/mol. The zero-order valence-electron chi connectivity index (χ0n) is 11.7. The van der Waals surface area contributed by atoms with Crippen LogP contribution in [-0.2, 0) is 9.59 Å². The predicted octanol–water partition coefficient (Wildman–Crippen LogP) is 0.801. The number of hydrogen-bond donors (Lipinski definition) is 2. The molecule has 18 heavy (non-hydrogen) atoms. The Morgan fingerprint density at radius 1 is 1.22 bits per heavy atom. The highest BCUT2D eigenvalue weighted by atomic mass is 16.4. The summed E-state index contributed by atoms with van der Waals surface area (Å²) in [5.74, 6) is -1.92. The van der Waals surface area contributed by atoms with E-state index in [-0.39, 0.29) is 11.8 Å². The average molecular weight is 256 g/mol. The molecule has 0 saturated heterocycles. The molecule has 1 amide bonds. The Morgan fingerprint density at radius 2 is 1.78 bits per heavy atom. The van der Waals surface area contributed by atoms with E-state index >= 15 is 0 Å². The van der Waals surface area contributed by atoms with Crippen molar-refractivity contribution in [2.75, 3.05) is 26.2 Å². The highest BCUT2D eigenvalue weighted by molar-refractivity contribution is 5.91. The van der Waals surface area contributed by atoms with Crippen LogP contribution in [0.1, 0.15) is 27.7 Å². The van der Waals surface area contributed by atoms with Gasteiger partial charge in [-0.2, -0.15) is 0 Å². The molecule has 0 heterocycles. The van der Waals surface area contributed by atoms with E-state index in [0.717, 1.165) is 19.6 Å². The van der Waals surface area contributed by atoms with Crippen molar-refractivity contribution in [3.8, 4) is 0 Å². The summed E-state index contributed by atoms with van der Waals surface area (Å²) in [5.41, 5.74) is -0.412. The molecular formula is C13H24N2O3. The summed E-state index contributed by atoms with van der Waals surface area (Å²) < 4.78 is 0. The number of carbonyl (C=O) groups is 2. The van der Waals surface area contributed by atoms with Gasteiger partial charge in [-0.15, -0.1) is 0 Å². The number of nitrogens with zero attached hydrogens (tertiary/aromatic N) is 1. The van der Waals surface area contributed by atoms with Crippen LogP contribution < -0.4 is 5.32 Å². The summed E-state index contributed by atoms with van der Waals surface area (Å²) >= 11 is 0. The lowest BCUT2D eigenvalue weighted by molar-refractivity contribution is -0.140. The molecule has 5 nitrogen and oxygen atoms in total. The fourth-order valence-electron chi connectivity index (χ4n) is 2.57. The topological polar surface area (TPSA) is 69.6 Å². The van der Waals surface area contributed by atoms with E-state index in [2.05, 4.69) is 24.1 Å². The monoisotopic (exact) mass is 256 g/mol. The molecular weight excluding hydrogens is 232 g/mol. The summed E-state index contributed by atoms with van der Waals surface area (Å²) in [6, 6.07) is 0. The molecule has 1 fully saturated rings. The molecule has 0 aromatic rings. The van der Waals surface area contributed by atoms with E-state index in [1.807, 2.05) is 13.8 Å². The van der Waals surface area contributed by atoms with E-state index in [1.165, 1.54) is 0 Å². The third-order valence-corrected chi connectivity index (χ3v) is 4.00. The summed E-state index contributed by atoms with van der Waals surface area (Å²) in [4.78, 5) is 25.1. The third-order valence-electron chi connectivity index (χ3n) is 4.00. The van der Waals surface area contributed by atoms with Crippen LogP contribution in [0.3, 0.4) is 0 Å². The first-order valence-electron chi connectivity index (χ1n) is 6.59. The van der Waals surface area contributed by atoms with Crippen molar-refractivity contribution in [1.29, 1.82) is 0 Å². The molecule has 1 aliphatic carbocycles. The number of likely N-dealkylation sites (N-methyl/N-ethyl adjacent to an activating group) is 1. The van der Waals surface area contributed by atoms with Gasteiger partial charge in [0.1, 0.15) is 0 Å². The zero-order valence-corrected chi connectivity index (χ0v) is 11.7. The quantitative estimate of drug-likeness (QED) is 0.707. The van der Waals surface area contributed by atoms with Gasteiger partial charge in [0.2, 0.25) is 5.91 Å². The largest absolute Gasteiger partial charge is 0.481 e. The molecule has 2 N–H and O–H groups in total. The molecule has 1 rings (SSSR count). The van der Waals surface area contributed by atoms with Crippen LogP contribution in [0.4, 0.5) is 0 Å². The minimum absolute atomic E-state index is 0.125. The SMILES string of the molecule is CCN(CC)CCNC(=O)C1C(C(=O)O)C1(C)C. The van der Waals surface area contributed by atoms with Gasteiger partial charge in [-0.05, 0) is 18.5 Å². The molecule has 0 aromatic carbocycles. The standard InChI is InChI=1S/C13H24N2O3/c1-5-15(6-2)8-7-14-11(16)9-10(12(17)18)13(9,3)4/h9-10H,5-8H2,1-4H3,(H,14,16)(H,17,18). The van der Waals surface area contributed by atoms with Crippen molar-refractivity contribution in [3.05, 3.63) is 0 Å². The molecule has 5 heteroatoms. The van der Waals surface area contributed by atoms with Gasteiger partial charge in [0, 0.05) is 13.1 Å². The molecule has 0 radical (unpaired) electrons. The second-order valence-corrected chi connectivity index (χ2v) is 5.43. The van der Waals surface area contributed by atoms with E-state index in [9.17, 15) is 9.59 Å². The lowest BCUT2D eigenvalue weighted by atomic mass is 10.1. The fraction of sp³-hybridized carbons (Fsp3) is 0.846. The zero-order chi connectivity index (χ0) is 13.9. The summed E-state index contributed by atoms with van der Waals surface area (Å²) in [6.07, 6.45) is 0. The van der Waals surface area contributed by atoms with E-state index in [0.29, 0.717) is 6.54 Å². The van der Waals surface area contributed by atoms with Gasteiger partial charge >= 0.3 is 5.97 Å². The first-order valence-corrected chi connectivity index (χ1v) is 6.59. The fourth-order valence-corrected chi connectivity index (χ4v) is 2.57. The number of rotatable bonds is 7. The molecule has 0 aromatic heterocycles. The van der Waals surface area contributed by atoms with Crippen molar-refractivity contribution in [1.82, 2.24) is 10.2 Å². The lowest BCUT2D eigenvalue weighted by Crippen LogP contribution is -2.36. The first kappa shape index (κ1) is 15.0. The van der Waals surface area contributed by atoms with Crippen LogP contribution in [0, 0.1) is 17.3 Å². The second kappa shape index (κ2) is 5.69. The molecule has 2 atom stereocenters. The molecule has 0 spiro atoms. The minimum atomic E-state index is -0.871. The van der Waals surface area contributed by atoms with Crippen LogP contribution in [0.25, 0.3) is 0 Å². The number of carboxylic acid groups (broad SMARTS) is 1. The van der Waals surface area contributed by atoms with Crippen molar-refractivity contribution in [2.45, 2.75) is 27.7 Å². The number of hydrogen-bond acceptors (Lipinski definition) is 3. The normalized spacial score (nSPS) is 24.9. The van der Waals surface area contributed by atoms with Gasteiger partial charge in [0.15, 0.2) is 0 Å². The van der Waals surface area contributed by atoms with Crippen molar-refractivity contribution in [2.24, 2.45) is 17.3 Å². The summed E-state index contributed by atoms with van der Waals surface area (Å²) in [6.45, 7) is 11.1. The highest BCUT2D eigenvalue weighted by Crippen LogP contribution is 2.58. The Kier molecular flexibility index (Phi) is 4.73. The van der Waals surface area contributed by atoms with E-state index < -0.39 is 17.3 Å². The highest BCUT2D eigenvalue weighted by Gasteiger charge is 2.65. The van der Waals surface area contributed by atoms with Crippen molar-refractivity contribution >= 4 is 11.9 Å². The number of carboxylic acids is 1. The Morgan fingerprint density at radius 3 is 2.17 bits per heavy atom. The van der Waals surface area contributed by atoms with Gasteiger partial charge in [0.25, 0.3) is 0 Å². The van der Waals surface area contributed by atoms with E-state index in [1.54, 1.807) is 0 Å². The minimum Gasteiger partial charge on any atom is -0.481 e. The van der Waals surface area contributed by atoms with Crippen LogP contribution in [0.2, 0.25) is 0 Å². The van der Waals surface area contributed by atoms with E-state index in [4.69, 9.17) is 5.11 Å². The van der Waals surface area contributed by atoms with Crippen molar-refractivity contribution < 1.29 is 14.7 Å². The van der Waals surface area contributed by atoms with Crippen LogP contribution in [0.15, 0.2) is 0 Å².